The summed E-state index contributed by atoms with van der Waals surface area (Å²) < 4.78 is 32.4. The third-order valence-corrected chi connectivity index (χ3v) is 6.77. The molecular weight excluding hydrogens is 424 g/mol. The SMILES string of the molecule is COc1ccc(S(=O)(=O)N(C)c2cc(C(=O)Nc3ccccc3Cl)ccc2C)cc1. The number of nitrogens with zero attached hydrogens (tertiary/aromatic N) is 1. The van der Waals surface area contributed by atoms with E-state index in [9.17, 15) is 13.2 Å². The molecule has 0 radical (unpaired) electrons. The third kappa shape index (κ3) is 4.42. The predicted octanol–water partition coefficient (Wildman–Crippen LogP) is 4.73. The number of benzene rings is 3. The highest BCUT2D eigenvalue weighted by molar-refractivity contribution is 7.92. The van der Waals surface area contributed by atoms with Crippen LogP contribution in [0.3, 0.4) is 0 Å². The Morgan fingerprint density at radius 2 is 1.70 bits per heavy atom. The lowest BCUT2D eigenvalue weighted by Crippen LogP contribution is -2.27. The molecule has 0 spiro atoms. The van der Waals surface area contributed by atoms with Crippen LogP contribution in [0.1, 0.15) is 15.9 Å². The average molecular weight is 445 g/mol. The van der Waals surface area contributed by atoms with Crippen LogP contribution < -0.4 is 14.4 Å². The van der Waals surface area contributed by atoms with E-state index in [1.165, 1.54) is 26.3 Å². The molecule has 0 fully saturated rings. The number of ether oxygens (including phenoxy) is 1. The van der Waals surface area contributed by atoms with Crippen LogP contribution >= 0.6 is 11.6 Å². The van der Waals surface area contributed by atoms with E-state index in [1.54, 1.807) is 61.5 Å². The standard InChI is InChI=1S/C22H21ClN2O4S/c1-15-8-9-16(22(26)24-20-7-5-4-6-19(20)23)14-21(15)25(2)30(27,28)18-12-10-17(29-3)11-13-18/h4-14H,1-3H3,(H,24,26). The molecule has 30 heavy (non-hydrogen) atoms. The normalized spacial score (nSPS) is 11.1. The molecule has 0 saturated carbocycles. The summed E-state index contributed by atoms with van der Waals surface area (Å²) >= 11 is 6.10. The summed E-state index contributed by atoms with van der Waals surface area (Å²) in [5, 5.41) is 3.16. The van der Waals surface area contributed by atoms with Gasteiger partial charge in [0.2, 0.25) is 0 Å². The zero-order valence-electron chi connectivity index (χ0n) is 16.7. The van der Waals surface area contributed by atoms with Gasteiger partial charge in [-0.2, -0.15) is 0 Å². The van der Waals surface area contributed by atoms with Crippen molar-refractivity contribution < 1.29 is 17.9 Å². The summed E-state index contributed by atoms with van der Waals surface area (Å²) in [6, 6.07) is 17.9. The summed E-state index contributed by atoms with van der Waals surface area (Å²) in [7, 11) is -0.855. The van der Waals surface area contributed by atoms with Gasteiger partial charge in [-0.15, -0.1) is 0 Å². The first-order valence-electron chi connectivity index (χ1n) is 9.03. The number of anilines is 2. The third-order valence-electron chi connectivity index (χ3n) is 4.65. The Hall–Kier alpha value is -3.03. The van der Waals surface area contributed by atoms with Crippen LogP contribution in [0.4, 0.5) is 11.4 Å². The zero-order chi connectivity index (χ0) is 21.9. The van der Waals surface area contributed by atoms with Gasteiger partial charge in [0.15, 0.2) is 0 Å². The summed E-state index contributed by atoms with van der Waals surface area (Å²) in [6.07, 6.45) is 0. The van der Waals surface area contributed by atoms with Crippen molar-refractivity contribution in [3.63, 3.8) is 0 Å². The number of hydrogen-bond donors (Lipinski definition) is 1. The zero-order valence-corrected chi connectivity index (χ0v) is 18.3. The summed E-state index contributed by atoms with van der Waals surface area (Å²) in [6.45, 7) is 1.78. The number of nitrogens with one attached hydrogen (secondary N) is 1. The second kappa shape index (κ2) is 8.77. The molecule has 8 heteroatoms. The van der Waals surface area contributed by atoms with Gasteiger partial charge < -0.3 is 10.1 Å². The number of carbonyl (C=O) groups excluding carboxylic acids is 1. The van der Waals surface area contributed by atoms with E-state index in [1.807, 2.05) is 0 Å². The highest BCUT2D eigenvalue weighted by atomic mass is 35.5. The van der Waals surface area contributed by atoms with Gasteiger partial charge in [0.25, 0.3) is 15.9 Å². The van der Waals surface area contributed by atoms with Crippen molar-refractivity contribution in [2.45, 2.75) is 11.8 Å². The molecule has 6 nitrogen and oxygen atoms in total. The van der Waals surface area contributed by atoms with E-state index < -0.39 is 10.0 Å². The predicted molar refractivity (Wildman–Crippen MR) is 119 cm³/mol. The summed E-state index contributed by atoms with van der Waals surface area (Å²) in [5.41, 5.74) is 1.90. The van der Waals surface area contributed by atoms with Crippen molar-refractivity contribution in [1.29, 1.82) is 0 Å². The lowest BCUT2D eigenvalue weighted by atomic mass is 10.1. The molecule has 0 aromatic heterocycles. The van der Waals surface area contributed by atoms with Crippen LogP contribution in [0.2, 0.25) is 5.02 Å². The van der Waals surface area contributed by atoms with E-state index in [2.05, 4.69) is 5.32 Å². The minimum absolute atomic E-state index is 0.121. The van der Waals surface area contributed by atoms with E-state index >= 15 is 0 Å². The van der Waals surface area contributed by atoms with E-state index in [-0.39, 0.29) is 10.8 Å². The molecule has 0 aliphatic rings. The number of hydrogen-bond acceptors (Lipinski definition) is 4. The first-order chi connectivity index (χ1) is 14.2. The fraction of sp³-hybridized carbons (Fsp3) is 0.136. The highest BCUT2D eigenvalue weighted by Crippen LogP contribution is 2.28. The lowest BCUT2D eigenvalue weighted by molar-refractivity contribution is 0.102. The molecule has 0 unspecified atom stereocenters. The van der Waals surface area contributed by atoms with Gasteiger partial charge in [-0.3, -0.25) is 9.10 Å². The minimum atomic E-state index is -3.82. The Kier molecular flexibility index (Phi) is 6.34. The fourth-order valence-electron chi connectivity index (χ4n) is 2.88. The Labute approximate surface area is 181 Å². The number of amides is 1. The molecule has 156 valence electrons. The van der Waals surface area contributed by atoms with Gasteiger partial charge in [-0.25, -0.2) is 8.42 Å². The van der Waals surface area contributed by atoms with E-state index in [0.29, 0.717) is 33.3 Å². The van der Waals surface area contributed by atoms with Gasteiger partial charge in [-0.05, 0) is 61.0 Å². The fourth-order valence-corrected chi connectivity index (χ4v) is 4.32. The van der Waals surface area contributed by atoms with Crippen molar-refractivity contribution in [3.05, 3.63) is 82.9 Å². The molecule has 0 atom stereocenters. The van der Waals surface area contributed by atoms with Crippen LogP contribution in [-0.4, -0.2) is 28.5 Å². The van der Waals surface area contributed by atoms with Gasteiger partial charge >= 0.3 is 0 Å². The lowest BCUT2D eigenvalue weighted by Gasteiger charge is -2.22. The molecule has 1 amide bonds. The van der Waals surface area contributed by atoms with Crippen LogP contribution in [0.15, 0.2) is 71.6 Å². The van der Waals surface area contributed by atoms with Crippen molar-refractivity contribution in [2.24, 2.45) is 0 Å². The van der Waals surface area contributed by atoms with Crippen molar-refractivity contribution in [3.8, 4) is 5.75 Å². The summed E-state index contributed by atoms with van der Waals surface area (Å²) in [5.74, 6) is 0.172. The maximum atomic E-state index is 13.1. The Morgan fingerprint density at radius 1 is 1.03 bits per heavy atom. The van der Waals surface area contributed by atoms with Crippen molar-refractivity contribution in [2.75, 3.05) is 23.8 Å². The van der Waals surface area contributed by atoms with Gasteiger partial charge in [0.05, 0.1) is 28.4 Å². The molecule has 0 aliphatic heterocycles. The summed E-state index contributed by atoms with van der Waals surface area (Å²) in [4.78, 5) is 12.8. The van der Waals surface area contributed by atoms with Crippen LogP contribution in [0, 0.1) is 6.92 Å². The average Bonchev–Trinajstić information content (AvgIpc) is 2.75. The molecule has 0 bridgehead atoms. The molecule has 0 heterocycles. The Bertz CT molecular complexity index is 1180. The second-order valence-corrected chi connectivity index (χ2v) is 8.96. The molecule has 3 rings (SSSR count). The molecule has 3 aromatic carbocycles. The number of methoxy groups -OCH3 is 1. The number of aryl methyl sites for hydroxylation is 1. The number of sulfonamides is 1. The Morgan fingerprint density at radius 3 is 2.33 bits per heavy atom. The maximum Gasteiger partial charge on any atom is 0.264 e. The van der Waals surface area contributed by atoms with Crippen molar-refractivity contribution in [1.82, 2.24) is 0 Å². The van der Waals surface area contributed by atoms with Gasteiger partial charge in [-0.1, -0.05) is 29.8 Å². The number of halogens is 1. The quantitative estimate of drug-likeness (QED) is 0.596. The van der Waals surface area contributed by atoms with Gasteiger partial charge in [0.1, 0.15) is 5.75 Å². The first-order valence-corrected chi connectivity index (χ1v) is 10.9. The number of carbonyl (C=O) groups is 1. The van der Waals surface area contributed by atoms with Crippen LogP contribution in [0.25, 0.3) is 0 Å². The molecule has 3 aromatic rings. The molecular formula is C22H21ClN2O4S. The van der Waals surface area contributed by atoms with Gasteiger partial charge in [0, 0.05) is 12.6 Å². The number of rotatable bonds is 6. The van der Waals surface area contributed by atoms with E-state index in [0.717, 1.165) is 4.31 Å². The van der Waals surface area contributed by atoms with Crippen LogP contribution in [0.5, 0.6) is 5.75 Å². The largest absolute Gasteiger partial charge is 0.497 e. The molecule has 1 N–H and O–H groups in total. The molecule has 0 aliphatic carbocycles. The van der Waals surface area contributed by atoms with Crippen molar-refractivity contribution >= 4 is 38.9 Å². The minimum Gasteiger partial charge on any atom is -0.497 e. The first kappa shape index (κ1) is 21.7. The van der Waals surface area contributed by atoms with E-state index in [4.69, 9.17) is 16.3 Å². The highest BCUT2D eigenvalue weighted by Gasteiger charge is 2.23. The maximum absolute atomic E-state index is 13.1. The number of para-hydroxylation sites is 1. The topological polar surface area (TPSA) is 75.7 Å². The molecule has 0 saturated heterocycles. The smallest absolute Gasteiger partial charge is 0.264 e. The monoisotopic (exact) mass is 444 g/mol. The Balaban J connectivity index is 1.92. The second-order valence-electron chi connectivity index (χ2n) is 6.58. The van der Waals surface area contributed by atoms with Crippen LogP contribution in [-0.2, 0) is 10.0 Å².